The zero-order valence-corrected chi connectivity index (χ0v) is 18.0. The molecule has 1 aromatic heterocycles. The van der Waals surface area contributed by atoms with E-state index in [9.17, 15) is 30.8 Å². The van der Waals surface area contributed by atoms with E-state index in [0.717, 1.165) is 30.3 Å². The molecule has 0 saturated heterocycles. The quantitative estimate of drug-likeness (QED) is 0.526. The summed E-state index contributed by atoms with van der Waals surface area (Å²) in [4.78, 5) is 16.5. The van der Waals surface area contributed by atoms with Crippen LogP contribution in [0.4, 0.5) is 23.2 Å². The van der Waals surface area contributed by atoms with Crippen molar-refractivity contribution in [1.29, 1.82) is 0 Å². The molecule has 0 aliphatic carbocycles. The second kappa shape index (κ2) is 8.85. The predicted octanol–water partition coefficient (Wildman–Crippen LogP) is 3.15. The number of nitrogens with one attached hydrogen (secondary N) is 2. The molecule has 0 saturated carbocycles. The molecular weight excluding hydrogens is 480 g/mol. The first kappa shape index (κ1) is 23.4. The Morgan fingerprint density at radius 2 is 1.82 bits per heavy atom. The minimum absolute atomic E-state index is 0.0781. The van der Waals surface area contributed by atoms with E-state index in [2.05, 4.69) is 25.3 Å². The number of hydrogen-bond donors (Lipinski definition) is 2. The maximum Gasteiger partial charge on any atom is 0.435 e. The molecule has 3 aromatic rings. The first-order valence-electron chi connectivity index (χ1n) is 9.81. The summed E-state index contributed by atoms with van der Waals surface area (Å²) in [5.41, 5.74) is -2.75. The van der Waals surface area contributed by atoms with Crippen LogP contribution in [0, 0.1) is 5.82 Å². The summed E-state index contributed by atoms with van der Waals surface area (Å²) in [6.45, 7) is 0.508. The van der Waals surface area contributed by atoms with Crippen LogP contribution in [0.1, 0.15) is 29.0 Å². The van der Waals surface area contributed by atoms with E-state index in [1.165, 1.54) is 18.2 Å². The average molecular weight is 496 g/mol. The second-order valence-corrected chi connectivity index (χ2v) is 8.87. The number of carbonyl (C=O) groups excluding carboxylic acids is 1. The molecule has 0 radical (unpaired) electrons. The fourth-order valence-corrected chi connectivity index (χ4v) is 4.35. The normalized spacial score (nSPS) is 14.1. The van der Waals surface area contributed by atoms with Gasteiger partial charge in [-0.2, -0.15) is 13.2 Å². The summed E-state index contributed by atoms with van der Waals surface area (Å²) in [5.74, 6) is -1.62. The standard InChI is InChI=1S/C20H16F4N6O3S/c21-12-6-8-14(9-7-12)30-18(20(22,23)24)17(27-29-30)19(31)26-13-3-1-4-15(11-13)34(32,33)28-16-5-2-10-25-16/h1,3-4,6-9,11H,2,5,10H2,(H,25,28)(H,26,31). The molecule has 2 heterocycles. The van der Waals surface area contributed by atoms with Crippen molar-refractivity contribution >= 4 is 27.5 Å². The van der Waals surface area contributed by atoms with E-state index in [1.54, 1.807) is 0 Å². The zero-order valence-electron chi connectivity index (χ0n) is 17.2. The van der Waals surface area contributed by atoms with Crippen LogP contribution in [-0.2, 0) is 16.2 Å². The highest BCUT2D eigenvalue weighted by Gasteiger charge is 2.42. The van der Waals surface area contributed by atoms with Gasteiger partial charge in [0, 0.05) is 18.7 Å². The summed E-state index contributed by atoms with van der Waals surface area (Å²) < 4.78 is 82.3. The van der Waals surface area contributed by atoms with Crippen LogP contribution in [-0.4, -0.2) is 41.7 Å². The topological polar surface area (TPSA) is 118 Å². The van der Waals surface area contributed by atoms with E-state index in [4.69, 9.17) is 0 Å². The number of aliphatic imine (C=N–C) groups is 1. The van der Waals surface area contributed by atoms with Crippen molar-refractivity contribution in [2.45, 2.75) is 23.9 Å². The van der Waals surface area contributed by atoms with Crippen LogP contribution in [0.15, 0.2) is 58.4 Å². The lowest BCUT2D eigenvalue weighted by Gasteiger charge is -2.12. The van der Waals surface area contributed by atoms with Crippen molar-refractivity contribution in [1.82, 2.24) is 19.7 Å². The van der Waals surface area contributed by atoms with Gasteiger partial charge in [-0.15, -0.1) is 5.10 Å². The number of amides is 1. The Hall–Kier alpha value is -3.81. The minimum Gasteiger partial charge on any atom is -0.320 e. The molecule has 1 aliphatic rings. The van der Waals surface area contributed by atoms with E-state index in [1.807, 2.05) is 0 Å². The summed E-state index contributed by atoms with van der Waals surface area (Å²) >= 11 is 0. The Balaban J connectivity index is 1.62. The van der Waals surface area contributed by atoms with Gasteiger partial charge in [-0.25, -0.2) is 17.5 Å². The van der Waals surface area contributed by atoms with Crippen LogP contribution >= 0.6 is 0 Å². The van der Waals surface area contributed by atoms with Crippen molar-refractivity contribution in [3.8, 4) is 5.69 Å². The van der Waals surface area contributed by atoms with Crippen molar-refractivity contribution < 1.29 is 30.8 Å². The van der Waals surface area contributed by atoms with E-state index < -0.39 is 39.3 Å². The third kappa shape index (κ3) is 4.90. The molecule has 4 rings (SSSR count). The Labute approximate surface area is 190 Å². The molecule has 34 heavy (non-hydrogen) atoms. The SMILES string of the molecule is O=C(Nc1cccc(S(=O)(=O)NC2=NCCC2)c1)c1nnn(-c2ccc(F)cc2)c1C(F)(F)F. The number of aromatic nitrogens is 3. The lowest BCUT2D eigenvalue weighted by atomic mass is 10.2. The van der Waals surface area contributed by atoms with E-state index >= 15 is 0 Å². The zero-order chi connectivity index (χ0) is 24.5. The summed E-state index contributed by atoms with van der Waals surface area (Å²) in [6.07, 6.45) is -3.84. The molecule has 1 amide bonds. The van der Waals surface area contributed by atoms with Gasteiger partial charge in [0.2, 0.25) is 0 Å². The Morgan fingerprint density at radius 1 is 1.09 bits per heavy atom. The number of benzene rings is 2. The maximum absolute atomic E-state index is 13.8. The largest absolute Gasteiger partial charge is 0.435 e. The van der Waals surface area contributed by atoms with Crippen LogP contribution in [0.3, 0.4) is 0 Å². The lowest BCUT2D eigenvalue weighted by Crippen LogP contribution is -2.29. The molecule has 0 spiro atoms. The van der Waals surface area contributed by atoms with Gasteiger partial charge in [0.15, 0.2) is 11.4 Å². The number of anilines is 1. The van der Waals surface area contributed by atoms with Gasteiger partial charge in [-0.1, -0.05) is 11.3 Å². The fraction of sp³-hybridized carbons (Fsp3) is 0.200. The highest BCUT2D eigenvalue weighted by Crippen LogP contribution is 2.33. The van der Waals surface area contributed by atoms with Crippen LogP contribution in [0.5, 0.6) is 0 Å². The van der Waals surface area contributed by atoms with Gasteiger partial charge >= 0.3 is 6.18 Å². The van der Waals surface area contributed by atoms with E-state index in [0.29, 0.717) is 29.9 Å². The molecule has 2 N–H and O–H groups in total. The number of sulfonamides is 1. The number of hydrogen-bond acceptors (Lipinski definition) is 6. The van der Waals surface area contributed by atoms with Gasteiger partial charge in [-0.3, -0.25) is 14.5 Å². The lowest BCUT2D eigenvalue weighted by molar-refractivity contribution is -0.143. The third-order valence-corrected chi connectivity index (χ3v) is 6.13. The maximum atomic E-state index is 13.8. The van der Waals surface area contributed by atoms with Crippen LogP contribution < -0.4 is 10.0 Å². The Morgan fingerprint density at radius 3 is 2.47 bits per heavy atom. The average Bonchev–Trinajstić information content (AvgIpc) is 3.44. The molecule has 0 bridgehead atoms. The van der Waals surface area contributed by atoms with Crippen molar-refractivity contribution in [3.63, 3.8) is 0 Å². The molecule has 2 aromatic carbocycles. The number of halogens is 4. The van der Waals surface area contributed by atoms with Crippen molar-refractivity contribution in [2.75, 3.05) is 11.9 Å². The van der Waals surface area contributed by atoms with Gasteiger partial charge in [-0.05, 0) is 48.9 Å². The number of rotatable bonds is 5. The summed E-state index contributed by atoms with van der Waals surface area (Å²) in [7, 11) is -4.01. The molecular formula is C20H16F4N6O3S. The molecule has 14 heteroatoms. The van der Waals surface area contributed by atoms with E-state index in [-0.39, 0.29) is 16.3 Å². The third-order valence-electron chi connectivity index (χ3n) is 4.75. The molecule has 0 atom stereocenters. The summed E-state index contributed by atoms with van der Waals surface area (Å²) in [6, 6.07) is 8.96. The monoisotopic (exact) mass is 496 g/mol. The number of carbonyl (C=O) groups is 1. The Kier molecular flexibility index (Phi) is 6.08. The van der Waals surface area contributed by atoms with Crippen LogP contribution in [0.25, 0.3) is 5.69 Å². The molecule has 0 fully saturated rings. The summed E-state index contributed by atoms with van der Waals surface area (Å²) in [5, 5.41) is 8.98. The number of amidine groups is 1. The number of alkyl halides is 3. The molecule has 9 nitrogen and oxygen atoms in total. The molecule has 0 unspecified atom stereocenters. The van der Waals surface area contributed by atoms with Gasteiger partial charge in [0.05, 0.1) is 10.6 Å². The first-order chi connectivity index (χ1) is 16.0. The van der Waals surface area contributed by atoms with Gasteiger partial charge in [0.1, 0.15) is 11.7 Å². The first-order valence-corrected chi connectivity index (χ1v) is 11.3. The van der Waals surface area contributed by atoms with Crippen molar-refractivity contribution in [2.24, 2.45) is 4.99 Å². The van der Waals surface area contributed by atoms with Gasteiger partial charge < -0.3 is 5.32 Å². The minimum atomic E-state index is -5.03. The second-order valence-electron chi connectivity index (χ2n) is 7.19. The fourth-order valence-electron chi connectivity index (χ4n) is 3.22. The smallest absolute Gasteiger partial charge is 0.320 e. The highest BCUT2D eigenvalue weighted by atomic mass is 32.2. The molecule has 178 valence electrons. The Bertz CT molecular complexity index is 1370. The van der Waals surface area contributed by atoms with Crippen LogP contribution in [0.2, 0.25) is 0 Å². The van der Waals surface area contributed by atoms with Gasteiger partial charge in [0.25, 0.3) is 15.9 Å². The highest BCUT2D eigenvalue weighted by molar-refractivity contribution is 7.90. The number of nitrogens with zero attached hydrogens (tertiary/aromatic N) is 4. The predicted molar refractivity (Wildman–Crippen MR) is 113 cm³/mol. The molecule has 1 aliphatic heterocycles. The van der Waals surface area contributed by atoms with Crippen molar-refractivity contribution in [3.05, 3.63) is 65.7 Å².